The average Bonchev–Trinajstić information content (AvgIpc) is 2.22. The fraction of sp³-hybridized carbons (Fsp3) is 0.909. The SMILES string of the molecule is CCCNCC(=O)OC1CCN(C)CC1. The number of rotatable bonds is 5. The van der Waals surface area contributed by atoms with E-state index in [0.29, 0.717) is 6.54 Å². The fourth-order valence-corrected chi connectivity index (χ4v) is 1.70. The first-order valence-corrected chi connectivity index (χ1v) is 5.81. The van der Waals surface area contributed by atoms with E-state index in [9.17, 15) is 4.79 Å². The Morgan fingerprint density at radius 2 is 2.13 bits per heavy atom. The molecule has 1 N–H and O–H groups in total. The zero-order valence-electron chi connectivity index (χ0n) is 9.79. The van der Waals surface area contributed by atoms with Gasteiger partial charge in [-0.3, -0.25) is 4.79 Å². The predicted octanol–water partition coefficient (Wildman–Crippen LogP) is 0.623. The largest absolute Gasteiger partial charge is 0.461 e. The summed E-state index contributed by atoms with van der Waals surface area (Å²) >= 11 is 0. The van der Waals surface area contributed by atoms with Gasteiger partial charge in [0, 0.05) is 13.1 Å². The molecule has 0 saturated carbocycles. The van der Waals surface area contributed by atoms with Crippen LogP contribution in [0, 0.1) is 0 Å². The smallest absolute Gasteiger partial charge is 0.320 e. The molecule has 15 heavy (non-hydrogen) atoms. The van der Waals surface area contributed by atoms with E-state index in [1.165, 1.54) is 0 Å². The van der Waals surface area contributed by atoms with Crippen molar-refractivity contribution in [3.63, 3.8) is 0 Å². The van der Waals surface area contributed by atoms with Gasteiger partial charge in [-0.05, 0) is 32.9 Å². The van der Waals surface area contributed by atoms with E-state index in [1.807, 2.05) is 0 Å². The number of ether oxygens (including phenoxy) is 1. The topological polar surface area (TPSA) is 41.6 Å². The lowest BCUT2D eigenvalue weighted by Gasteiger charge is -2.28. The van der Waals surface area contributed by atoms with Crippen molar-refractivity contribution in [3.05, 3.63) is 0 Å². The number of carbonyl (C=O) groups excluding carboxylic acids is 1. The van der Waals surface area contributed by atoms with Crippen molar-refractivity contribution in [2.75, 3.05) is 33.2 Å². The lowest BCUT2D eigenvalue weighted by molar-refractivity contribution is -0.149. The molecule has 1 aliphatic rings. The number of carbonyl (C=O) groups is 1. The third-order valence-electron chi connectivity index (χ3n) is 2.66. The second-order valence-electron chi connectivity index (χ2n) is 4.17. The van der Waals surface area contributed by atoms with Gasteiger partial charge in [0.2, 0.25) is 0 Å². The molecule has 0 aromatic heterocycles. The molecule has 88 valence electrons. The molecule has 1 saturated heterocycles. The van der Waals surface area contributed by atoms with E-state index < -0.39 is 0 Å². The Labute approximate surface area is 92.0 Å². The second-order valence-corrected chi connectivity index (χ2v) is 4.17. The molecule has 0 aromatic rings. The highest BCUT2D eigenvalue weighted by Crippen LogP contribution is 2.11. The molecule has 1 fully saturated rings. The molecule has 0 aliphatic carbocycles. The Kier molecular flexibility index (Phi) is 5.65. The molecule has 1 heterocycles. The van der Waals surface area contributed by atoms with Gasteiger partial charge in [0.25, 0.3) is 0 Å². The third-order valence-corrected chi connectivity index (χ3v) is 2.66. The van der Waals surface area contributed by atoms with Crippen LogP contribution in [-0.4, -0.2) is 50.2 Å². The number of nitrogens with zero attached hydrogens (tertiary/aromatic N) is 1. The zero-order chi connectivity index (χ0) is 11.1. The lowest BCUT2D eigenvalue weighted by Crippen LogP contribution is -2.37. The van der Waals surface area contributed by atoms with Crippen molar-refractivity contribution < 1.29 is 9.53 Å². The second kappa shape index (κ2) is 6.80. The first kappa shape index (κ1) is 12.5. The number of hydrogen-bond donors (Lipinski definition) is 1. The summed E-state index contributed by atoms with van der Waals surface area (Å²) < 4.78 is 5.36. The Morgan fingerprint density at radius 1 is 1.47 bits per heavy atom. The van der Waals surface area contributed by atoms with Gasteiger partial charge in [0.1, 0.15) is 6.10 Å². The summed E-state index contributed by atoms with van der Waals surface area (Å²) in [5.74, 6) is -0.113. The van der Waals surface area contributed by atoms with Crippen molar-refractivity contribution in [1.82, 2.24) is 10.2 Å². The van der Waals surface area contributed by atoms with E-state index in [0.717, 1.165) is 38.9 Å². The highest BCUT2D eigenvalue weighted by Gasteiger charge is 2.19. The maximum absolute atomic E-state index is 11.4. The molecule has 4 nitrogen and oxygen atoms in total. The molecule has 0 spiro atoms. The third kappa shape index (κ3) is 5.14. The van der Waals surface area contributed by atoms with E-state index in [-0.39, 0.29) is 12.1 Å². The molecule has 0 aromatic carbocycles. The summed E-state index contributed by atoms with van der Waals surface area (Å²) in [6, 6.07) is 0. The molecule has 0 radical (unpaired) electrons. The molecule has 0 unspecified atom stereocenters. The van der Waals surface area contributed by atoms with Crippen LogP contribution >= 0.6 is 0 Å². The molecule has 1 rings (SSSR count). The molecule has 0 bridgehead atoms. The summed E-state index contributed by atoms with van der Waals surface area (Å²) in [6.07, 6.45) is 3.12. The molecule has 1 aliphatic heterocycles. The summed E-state index contributed by atoms with van der Waals surface area (Å²) in [7, 11) is 2.10. The van der Waals surface area contributed by atoms with Crippen molar-refractivity contribution in [2.24, 2.45) is 0 Å². The van der Waals surface area contributed by atoms with Gasteiger partial charge in [-0.1, -0.05) is 6.92 Å². The Morgan fingerprint density at radius 3 is 2.73 bits per heavy atom. The van der Waals surface area contributed by atoms with Gasteiger partial charge >= 0.3 is 5.97 Å². The number of esters is 1. The Hall–Kier alpha value is -0.610. The molecular formula is C11H22N2O2. The van der Waals surface area contributed by atoms with Gasteiger partial charge in [0.05, 0.1) is 6.54 Å². The van der Waals surface area contributed by atoms with Crippen LogP contribution in [0.4, 0.5) is 0 Å². The first-order valence-electron chi connectivity index (χ1n) is 5.81. The van der Waals surface area contributed by atoms with E-state index >= 15 is 0 Å². The van der Waals surface area contributed by atoms with E-state index in [2.05, 4.69) is 24.2 Å². The van der Waals surface area contributed by atoms with Crippen LogP contribution in [0.15, 0.2) is 0 Å². The minimum Gasteiger partial charge on any atom is -0.461 e. The van der Waals surface area contributed by atoms with Crippen molar-refractivity contribution in [1.29, 1.82) is 0 Å². The van der Waals surface area contributed by atoms with Crippen LogP contribution in [-0.2, 0) is 9.53 Å². The standard InChI is InChI=1S/C11H22N2O2/c1-3-6-12-9-11(14)15-10-4-7-13(2)8-5-10/h10,12H,3-9H2,1-2H3. The minimum absolute atomic E-state index is 0.113. The number of piperidine rings is 1. The maximum atomic E-state index is 11.4. The van der Waals surface area contributed by atoms with E-state index in [1.54, 1.807) is 0 Å². The van der Waals surface area contributed by atoms with Gasteiger partial charge in [-0.15, -0.1) is 0 Å². The van der Waals surface area contributed by atoms with Gasteiger partial charge in [-0.2, -0.15) is 0 Å². The minimum atomic E-state index is -0.113. The van der Waals surface area contributed by atoms with Crippen molar-refractivity contribution in [3.8, 4) is 0 Å². The molecule has 0 atom stereocenters. The quantitative estimate of drug-likeness (QED) is 0.538. The highest BCUT2D eigenvalue weighted by atomic mass is 16.5. The molecular weight excluding hydrogens is 192 g/mol. The summed E-state index contributed by atoms with van der Waals surface area (Å²) in [4.78, 5) is 13.6. The molecule has 0 amide bonds. The normalized spacial score (nSPS) is 19.1. The molecule has 4 heteroatoms. The average molecular weight is 214 g/mol. The maximum Gasteiger partial charge on any atom is 0.320 e. The summed E-state index contributed by atoms with van der Waals surface area (Å²) in [5.41, 5.74) is 0. The van der Waals surface area contributed by atoms with Gasteiger partial charge in [-0.25, -0.2) is 0 Å². The van der Waals surface area contributed by atoms with Crippen LogP contribution in [0.1, 0.15) is 26.2 Å². The van der Waals surface area contributed by atoms with Gasteiger partial charge in [0.15, 0.2) is 0 Å². The van der Waals surface area contributed by atoms with Crippen LogP contribution in [0.3, 0.4) is 0 Å². The van der Waals surface area contributed by atoms with Crippen molar-refractivity contribution >= 4 is 5.97 Å². The van der Waals surface area contributed by atoms with E-state index in [4.69, 9.17) is 4.74 Å². The van der Waals surface area contributed by atoms with Crippen molar-refractivity contribution in [2.45, 2.75) is 32.3 Å². The fourth-order valence-electron chi connectivity index (χ4n) is 1.70. The number of nitrogens with one attached hydrogen (secondary N) is 1. The zero-order valence-corrected chi connectivity index (χ0v) is 9.79. The Bertz CT molecular complexity index is 189. The monoisotopic (exact) mass is 214 g/mol. The van der Waals surface area contributed by atoms with Crippen LogP contribution in [0.5, 0.6) is 0 Å². The van der Waals surface area contributed by atoms with Crippen LogP contribution in [0.25, 0.3) is 0 Å². The van der Waals surface area contributed by atoms with Crippen LogP contribution in [0.2, 0.25) is 0 Å². The number of hydrogen-bond acceptors (Lipinski definition) is 4. The number of likely N-dealkylation sites (tertiary alicyclic amines) is 1. The first-order chi connectivity index (χ1) is 7.22. The summed E-state index contributed by atoms with van der Waals surface area (Å²) in [5, 5.41) is 3.05. The van der Waals surface area contributed by atoms with Crippen LogP contribution < -0.4 is 5.32 Å². The van der Waals surface area contributed by atoms with Gasteiger partial charge < -0.3 is 15.0 Å². The highest BCUT2D eigenvalue weighted by molar-refractivity contribution is 5.71. The Balaban J connectivity index is 2.09. The lowest BCUT2D eigenvalue weighted by atomic mass is 10.1. The summed E-state index contributed by atoms with van der Waals surface area (Å²) in [6.45, 7) is 5.36. The predicted molar refractivity (Wildman–Crippen MR) is 59.8 cm³/mol.